The molecule has 0 fully saturated rings. The lowest BCUT2D eigenvalue weighted by atomic mass is 10.1. The number of nitrogens with one attached hydrogen (secondary N) is 3. The minimum Gasteiger partial charge on any atom is -0.344 e. The van der Waals surface area contributed by atoms with Crippen molar-refractivity contribution >= 4 is 16.7 Å². The first-order valence-corrected chi connectivity index (χ1v) is 6.44. The third-order valence-corrected chi connectivity index (χ3v) is 3.28. The minimum atomic E-state index is -0.351. The maximum atomic E-state index is 12.3. The topological polar surface area (TPSA) is 104 Å². The minimum absolute atomic E-state index is 0.195. The van der Waals surface area contributed by atoms with Crippen molar-refractivity contribution in [1.82, 2.24) is 25.7 Å². The van der Waals surface area contributed by atoms with Crippen LogP contribution in [0.3, 0.4) is 0 Å². The average molecular weight is 283 g/mol. The molecule has 3 rings (SSSR count). The van der Waals surface area contributed by atoms with Gasteiger partial charge in [-0.3, -0.25) is 14.7 Å². The quantitative estimate of drug-likeness (QED) is 0.670. The van der Waals surface area contributed by atoms with Crippen molar-refractivity contribution in [2.75, 3.05) is 0 Å². The number of carbonyl (C=O) groups excluding carboxylic acids is 1. The van der Waals surface area contributed by atoms with Crippen LogP contribution in [0.1, 0.15) is 29.0 Å². The highest BCUT2D eigenvalue weighted by Gasteiger charge is 2.17. The van der Waals surface area contributed by atoms with E-state index in [1.54, 1.807) is 36.7 Å². The number of amides is 1. The van der Waals surface area contributed by atoms with Crippen LogP contribution in [-0.4, -0.2) is 26.3 Å². The van der Waals surface area contributed by atoms with Gasteiger partial charge in [-0.05, 0) is 13.0 Å². The van der Waals surface area contributed by atoms with E-state index in [4.69, 9.17) is 0 Å². The van der Waals surface area contributed by atoms with Gasteiger partial charge in [0.15, 0.2) is 5.69 Å². The van der Waals surface area contributed by atoms with Gasteiger partial charge < -0.3 is 5.32 Å². The fourth-order valence-electron chi connectivity index (χ4n) is 2.13. The van der Waals surface area contributed by atoms with Crippen LogP contribution in [0, 0.1) is 0 Å². The van der Waals surface area contributed by atoms with E-state index in [9.17, 15) is 9.59 Å². The molecule has 106 valence electrons. The first-order chi connectivity index (χ1) is 10.2. The van der Waals surface area contributed by atoms with Crippen LogP contribution in [0.25, 0.3) is 10.8 Å². The van der Waals surface area contributed by atoms with Crippen LogP contribution < -0.4 is 10.9 Å². The zero-order valence-corrected chi connectivity index (χ0v) is 11.3. The summed E-state index contributed by atoms with van der Waals surface area (Å²) >= 11 is 0. The summed E-state index contributed by atoms with van der Waals surface area (Å²) in [5.41, 5.74) is 0.739. The molecule has 21 heavy (non-hydrogen) atoms. The number of benzene rings is 1. The molecule has 2 aromatic heterocycles. The third kappa shape index (κ3) is 2.40. The maximum Gasteiger partial charge on any atom is 0.272 e. The first-order valence-electron chi connectivity index (χ1n) is 6.44. The van der Waals surface area contributed by atoms with Gasteiger partial charge in [0, 0.05) is 17.1 Å². The molecule has 0 spiro atoms. The van der Waals surface area contributed by atoms with Gasteiger partial charge in [0.25, 0.3) is 11.5 Å². The van der Waals surface area contributed by atoms with Gasteiger partial charge in [-0.2, -0.15) is 10.2 Å². The number of aromatic amines is 2. The average Bonchev–Trinajstić information content (AvgIpc) is 3.02. The zero-order valence-electron chi connectivity index (χ0n) is 11.3. The van der Waals surface area contributed by atoms with Gasteiger partial charge >= 0.3 is 0 Å². The molecule has 1 unspecified atom stereocenters. The van der Waals surface area contributed by atoms with Gasteiger partial charge in [-0.25, -0.2) is 5.10 Å². The molecule has 0 bridgehead atoms. The van der Waals surface area contributed by atoms with Crippen molar-refractivity contribution in [3.8, 4) is 0 Å². The summed E-state index contributed by atoms with van der Waals surface area (Å²) in [5.74, 6) is -0.351. The molecule has 1 aromatic carbocycles. The van der Waals surface area contributed by atoms with Crippen molar-refractivity contribution < 1.29 is 4.79 Å². The molecule has 0 radical (unpaired) electrons. The molecule has 0 aliphatic carbocycles. The standard InChI is InChI=1S/C14H13N5O2/c1-8(9-6-15-16-7-9)17-14(21)12-10-4-2-3-5-11(10)13(20)19-18-12/h2-8H,1H3,(H,15,16)(H,17,21)(H,19,20). The maximum absolute atomic E-state index is 12.3. The summed E-state index contributed by atoms with van der Waals surface area (Å²) in [6.07, 6.45) is 3.35. The molecule has 7 nitrogen and oxygen atoms in total. The van der Waals surface area contributed by atoms with Crippen LogP contribution in [-0.2, 0) is 0 Å². The second-order valence-corrected chi connectivity index (χ2v) is 4.67. The Morgan fingerprint density at radius 3 is 2.76 bits per heavy atom. The Bertz CT molecular complexity index is 838. The highest BCUT2D eigenvalue weighted by atomic mass is 16.2. The second kappa shape index (κ2) is 5.20. The van der Waals surface area contributed by atoms with Crippen LogP contribution in [0.15, 0.2) is 41.5 Å². The van der Waals surface area contributed by atoms with Gasteiger partial charge in [-0.15, -0.1) is 0 Å². The van der Waals surface area contributed by atoms with Crippen molar-refractivity contribution in [1.29, 1.82) is 0 Å². The zero-order chi connectivity index (χ0) is 14.8. The predicted octanol–water partition coefficient (Wildman–Crippen LogP) is 1.14. The molecular weight excluding hydrogens is 270 g/mol. The molecule has 0 saturated heterocycles. The van der Waals surface area contributed by atoms with E-state index in [1.165, 1.54) is 0 Å². The fourth-order valence-corrected chi connectivity index (χ4v) is 2.13. The summed E-state index contributed by atoms with van der Waals surface area (Å²) < 4.78 is 0. The van der Waals surface area contributed by atoms with Crippen LogP contribution >= 0.6 is 0 Å². The predicted molar refractivity (Wildman–Crippen MR) is 76.8 cm³/mol. The van der Waals surface area contributed by atoms with E-state index in [0.717, 1.165) is 5.56 Å². The highest BCUT2D eigenvalue weighted by molar-refractivity contribution is 6.04. The lowest BCUT2D eigenvalue weighted by Gasteiger charge is -2.12. The monoisotopic (exact) mass is 283 g/mol. The van der Waals surface area contributed by atoms with Crippen LogP contribution in [0.4, 0.5) is 0 Å². The SMILES string of the molecule is CC(NC(=O)c1n[nH]c(=O)c2ccccc12)c1cn[nH]c1. The molecule has 7 heteroatoms. The largest absolute Gasteiger partial charge is 0.344 e. The Morgan fingerprint density at radius 2 is 2.05 bits per heavy atom. The number of H-pyrrole nitrogens is 2. The Hall–Kier alpha value is -2.96. The number of hydrogen-bond donors (Lipinski definition) is 3. The summed E-state index contributed by atoms with van der Waals surface area (Å²) in [7, 11) is 0. The molecule has 2 heterocycles. The molecule has 3 aromatic rings. The van der Waals surface area contributed by atoms with E-state index in [-0.39, 0.29) is 23.2 Å². The smallest absolute Gasteiger partial charge is 0.272 e. The Kier molecular flexibility index (Phi) is 3.23. The van der Waals surface area contributed by atoms with Gasteiger partial charge in [0.1, 0.15) is 0 Å². The van der Waals surface area contributed by atoms with Gasteiger partial charge in [0.05, 0.1) is 17.6 Å². The lowest BCUT2D eigenvalue weighted by Crippen LogP contribution is -2.28. The van der Waals surface area contributed by atoms with E-state index >= 15 is 0 Å². The fraction of sp³-hybridized carbons (Fsp3) is 0.143. The molecule has 1 amide bonds. The number of nitrogens with zero attached hydrogens (tertiary/aromatic N) is 2. The Balaban J connectivity index is 1.95. The molecule has 3 N–H and O–H groups in total. The van der Waals surface area contributed by atoms with E-state index in [0.29, 0.717) is 10.8 Å². The van der Waals surface area contributed by atoms with Crippen molar-refractivity contribution in [2.24, 2.45) is 0 Å². The lowest BCUT2D eigenvalue weighted by molar-refractivity contribution is 0.0935. The second-order valence-electron chi connectivity index (χ2n) is 4.67. The Morgan fingerprint density at radius 1 is 1.29 bits per heavy atom. The van der Waals surface area contributed by atoms with E-state index in [2.05, 4.69) is 25.7 Å². The summed E-state index contributed by atoms with van der Waals surface area (Å²) in [5, 5.41) is 16.5. The molecule has 1 atom stereocenters. The number of rotatable bonds is 3. The summed E-state index contributed by atoms with van der Waals surface area (Å²) in [6, 6.07) is 6.65. The van der Waals surface area contributed by atoms with E-state index < -0.39 is 0 Å². The van der Waals surface area contributed by atoms with Crippen LogP contribution in [0.5, 0.6) is 0 Å². The third-order valence-electron chi connectivity index (χ3n) is 3.28. The van der Waals surface area contributed by atoms with Gasteiger partial charge in [0.2, 0.25) is 0 Å². The normalized spacial score (nSPS) is 12.2. The molecule has 0 aliphatic heterocycles. The van der Waals surface area contributed by atoms with Crippen molar-refractivity contribution in [2.45, 2.75) is 13.0 Å². The van der Waals surface area contributed by atoms with Gasteiger partial charge in [-0.1, -0.05) is 18.2 Å². The van der Waals surface area contributed by atoms with E-state index in [1.807, 2.05) is 6.92 Å². The summed E-state index contributed by atoms with van der Waals surface area (Å²) in [6.45, 7) is 1.84. The Labute approximate surface area is 119 Å². The highest BCUT2D eigenvalue weighted by Crippen LogP contribution is 2.14. The number of fused-ring (bicyclic) bond motifs is 1. The van der Waals surface area contributed by atoms with Crippen molar-refractivity contribution in [3.63, 3.8) is 0 Å². The number of hydrogen-bond acceptors (Lipinski definition) is 4. The molecular formula is C14H13N5O2. The molecule has 0 saturated carbocycles. The van der Waals surface area contributed by atoms with Crippen LogP contribution in [0.2, 0.25) is 0 Å². The van der Waals surface area contributed by atoms with Crippen molar-refractivity contribution in [3.05, 3.63) is 58.3 Å². The summed E-state index contributed by atoms with van der Waals surface area (Å²) in [4.78, 5) is 24.0. The number of aromatic nitrogens is 4. The first kappa shape index (κ1) is 13.0. The molecule has 0 aliphatic rings. The number of carbonyl (C=O) groups is 1.